The van der Waals surface area contributed by atoms with E-state index in [0.29, 0.717) is 0 Å². The SMILES string of the molecule is COc1ccc(C2=Nn3c(CCc4ccc(O)cc4)nnc3SC2)cc1. The van der Waals surface area contributed by atoms with Gasteiger partial charge in [-0.25, -0.2) is 0 Å². The smallest absolute Gasteiger partial charge is 0.212 e. The molecule has 2 heterocycles. The Morgan fingerprint density at radius 1 is 1.04 bits per heavy atom. The predicted molar refractivity (Wildman–Crippen MR) is 101 cm³/mol. The van der Waals surface area contributed by atoms with Crippen molar-refractivity contribution < 1.29 is 9.84 Å². The van der Waals surface area contributed by atoms with E-state index >= 15 is 0 Å². The summed E-state index contributed by atoms with van der Waals surface area (Å²) in [6, 6.07) is 15.2. The summed E-state index contributed by atoms with van der Waals surface area (Å²) >= 11 is 1.64. The molecule has 1 N–H and O–H groups in total. The van der Waals surface area contributed by atoms with Crippen molar-refractivity contribution in [1.82, 2.24) is 14.9 Å². The Bertz CT molecular complexity index is 933. The molecule has 0 aliphatic carbocycles. The molecule has 0 bridgehead atoms. The second kappa shape index (κ2) is 7.21. The first-order chi connectivity index (χ1) is 12.7. The molecule has 0 amide bonds. The largest absolute Gasteiger partial charge is 0.508 e. The molecule has 1 aliphatic heterocycles. The molecule has 7 heteroatoms. The minimum atomic E-state index is 0.277. The number of rotatable bonds is 5. The lowest BCUT2D eigenvalue weighted by Gasteiger charge is -2.14. The van der Waals surface area contributed by atoms with Gasteiger partial charge in [0.2, 0.25) is 5.16 Å². The third-order valence-corrected chi connectivity index (χ3v) is 5.16. The number of nitrogens with zero attached hydrogens (tertiary/aromatic N) is 4. The summed E-state index contributed by atoms with van der Waals surface area (Å²) in [6.07, 6.45) is 1.55. The van der Waals surface area contributed by atoms with Gasteiger partial charge in [-0.3, -0.25) is 0 Å². The average molecular weight is 366 g/mol. The van der Waals surface area contributed by atoms with E-state index in [4.69, 9.17) is 9.84 Å². The number of aromatic nitrogens is 3. The van der Waals surface area contributed by atoms with Crippen molar-refractivity contribution in [1.29, 1.82) is 0 Å². The van der Waals surface area contributed by atoms with Gasteiger partial charge in [0.15, 0.2) is 5.82 Å². The van der Waals surface area contributed by atoms with Gasteiger partial charge in [-0.15, -0.1) is 10.2 Å². The van der Waals surface area contributed by atoms with Gasteiger partial charge in [0.05, 0.1) is 12.8 Å². The molecule has 2 aromatic carbocycles. The Kier molecular flexibility index (Phi) is 4.62. The van der Waals surface area contributed by atoms with Gasteiger partial charge in [0.1, 0.15) is 11.5 Å². The van der Waals surface area contributed by atoms with Crippen LogP contribution in [0.5, 0.6) is 11.5 Å². The number of benzene rings is 2. The molecule has 0 unspecified atom stereocenters. The molecule has 0 atom stereocenters. The van der Waals surface area contributed by atoms with Crippen molar-refractivity contribution in [2.45, 2.75) is 18.0 Å². The highest BCUT2D eigenvalue weighted by Gasteiger charge is 2.19. The van der Waals surface area contributed by atoms with E-state index in [0.717, 1.165) is 52.2 Å². The molecule has 26 heavy (non-hydrogen) atoms. The van der Waals surface area contributed by atoms with Crippen LogP contribution in [0.25, 0.3) is 0 Å². The molecule has 0 radical (unpaired) electrons. The first-order valence-corrected chi connectivity index (χ1v) is 9.29. The monoisotopic (exact) mass is 366 g/mol. The van der Waals surface area contributed by atoms with Crippen molar-refractivity contribution in [3.05, 3.63) is 65.5 Å². The van der Waals surface area contributed by atoms with Crippen molar-refractivity contribution >= 4 is 17.5 Å². The molecule has 0 saturated carbocycles. The Hall–Kier alpha value is -2.80. The maximum Gasteiger partial charge on any atom is 0.212 e. The van der Waals surface area contributed by atoms with E-state index in [2.05, 4.69) is 10.2 Å². The lowest BCUT2D eigenvalue weighted by atomic mass is 10.1. The fourth-order valence-electron chi connectivity index (χ4n) is 2.77. The number of aromatic hydroxyl groups is 1. The maximum absolute atomic E-state index is 9.38. The van der Waals surface area contributed by atoms with E-state index in [1.807, 2.05) is 41.1 Å². The highest BCUT2D eigenvalue weighted by Crippen LogP contribution is 2.25. The Labute approximate surface area is 155 Å². The number of ether oxygens (including phenoxy) is 1. The van der Waals surface area contributed by atoms with E-state index < -0.39 is 0 Å². The molecule has 1 aromatic heterocycles. The van der Waals surface area contributed by atoms with Crippen molar-refractivity contribution in [2.24, 2.45) is 5.10 Å². The fraction of sp³-hybridized carbons (Fsp3) is 0.211. The number of thioether (sulfide) groups is 1. The average Bonchev–Trinajstić information content (AvgIpc) is 3.10. The van der Waals surface area contributed by atoms with Gasteiger partial charge >= 0.3 is 0 Å². The Morgan fingerprint density at radius 3 is 2.54 bits per heavy atom. The van der Waals surface area contributed by atoms with E-state index in [9.17, 15) is 5.11 Å². The first-order valence-electron chi connectivity index (χ1n) is 8.30. The summed E-state index contributed by atoms with van der Waals surface area (Å²) in [6.45, 7) is 0. The summed E-state index contributed by atoms with van der Waals surface area (Å²) in [5.41, 5.74) is 3.21. The van der Waals surface area contributed by atoms with E-state index in [-0.39, 0.29) is 5.75 Å². The normalized spacial score (nSPS) is 13.2. The number of hydrogen-bond acceptors (Lipinski definition) is 6. The van der Waals surface area contributed by atoms with Gasteiger partial charge in [-0.2, -0.15) is 9.78 Å². The van der Waals surface area contributed by atoms with E-state index in [1.165, 1.54) is 0 Å². The molecule has 0 spiro atoms. The lowest BCUT2D eigenvalue weighted by molar-refractivity contribution is 0.415. The number of aryl methyl sites for hydroxylation is 2. The third kappa shape index (κ3) is 3.43. The second-order valence-electron chi connectivity index (χ2n) is 5.94. The molecule has 0 fully saturated rings. The van der Waals surface area contributed by atoms with Crippen LogP contribution in [-0.2, 0) is 12.8 Å². The molecular weight excluding hydrogens is 348 g/mol. The number of fused-ring (bicyclic) bond motifs is 1. The van der Waals surface area contributed by atoms with Crippen LogP contribution in [-0.4, -0.2) is 38.6 Å². The van der Waals surface area contributed by atoms with Gasteiger partial charge in [0, 0.05) is 12.2 Å². The lowest BCUT2D eigenvalue weighted by Crippen LogP contribution is -2.15. The van der Waals surface area contributed by atoms with Crippen molar-refractivity contribution in [3.63, 3.8) is 0 Å². The standard InChI is InChI=1S/C19H18N4O2S/c1-25-16-9-5-14(6-10-16)17-12-26-19-21-20-18(23(19)22-17)11-4-13-2-7-15(24)8-3-13/h2-3,5-10,24H,4,11-12H2,1H3. The predicted octanol–water partition coefficient (Wildman–Crippen LogP) is 3.14. The Morgan fingerprint density at radius 2 is 1.81 bits per heavy atom. The zero-order valence-electron chi connectivity index (χ0n) is 14.3. The second-order valence-corrected chi connectivity index (χ2v) is 6.88. The summed E-state index contributed by atoms with van der Waals surface area (Å²) < 4.78 is 7.06. The minimum absolute atomic E-state index is 0.277. The third-order valence-electron chi connectivity index (χ3n) is 4.23. The number of methoxy groups -OCH3 is 1. The van der Waals surface area contributed by atoms with Crippen molar-refractivity contribution in [2.75, 3.05) is 12.9 Å². The highest BCUT2D eigenvalue weighted by atomic mass is 32.2. The highest BCUT2D eigenvalue weighted by molar-refractivity contribution is 7.99. The van der Waals surface area contributed by atoms with Gasteiger partial charge in [0.25, 0.3) is 0 Å². The maximum atomic E-state index is 9.38. The van der Waals surface area contributed by atoms with Crippen molar-refractivity contribution in [3.8, 4) is 11.5 Å². The van der Waals surface area contributed by atoms with Crippen LogP contribution in [0.4, 0.5) is 0 Å². The number of phenolic OH excluding ortho intramolecular Hbond substituents is 1. The molecule has 3 aromatic rings. The van der Waals surface area contributed by atoms with Crippen LogP contribution in [0.3, 0.4) is 0 Å². The number of hydrogen-bond donors (Lipinski definition) is 1. The zero-order chi connectivity index (χ0) is 17.9. The topological polar surface area (TPSA) is 72.5 Å². The molecule has 132 valence electrons. The quantitative estimate of drug-likeness (QED) is 0.751. The molecule has 0 saturated heterocycles. The van der Waals surface area contributed by atoms with Crippen LogP contribution in [0, 0.1) is 0 Å². The van der Waals surface area contributed by atoms with Crippen LogP contribution in [0.15, 0.2) is 58.8 Å². The van der Waals surface area contributed by atoms with Gasteiger partial charge < -0.3 is 9.84 Å². The molecule has 4 rings (SSSR count). The van der Waals surface area contributed by atoms with Crippen LogP contribution in [0.1, 0.15) is 17.0 Å². The van der Waals surface area contributed by atoms with E-state index in [1.54, 1.807) is 31.0 Å². The Balaban J connectivity index is 1.55. The minimum Gasteiger partial charge on any atom is -0.508 e. The summed E-state index contributed by atoms with van der Waals surface area (Å²) in [5, 5.41) is 23.5. The van der Waals surface area contributed by atoms with Crippen LogP contribution < -0.4 is 4.74 Å². The van der Waals surface area contributed by atoms with Gasteiger partial charge in [-0.05, 0) is 53.9 Å². The van der Waals surface area contributed by atoms with Crippen LogP contribution in [0.2, 0.25) is 0 Å². The summed E-state index contributed by atoms with van der Waals surface area (Å²) in [7, 11) is 1.66. The summed E-state index contributed by atoms with van der Waals surface area (Å²) in [5.74, 6) is 2.71. The molecular formula is C19H18N4O2S. The summed E-state index contributed by atoms with van der Waals surface area (Å²) in [4.78, 5) is 0. The first kappa shape index (κ1) is 16.7. The zero-order valence-corrected chi connectivity index (χ0v) is 15.1. The molecule has 1 aliphatic rings. The number of phenols is 1. The van der Waals surface area contributed by atoms with Gasteiger partial charge in [-0.1, -0.05) is 23.9 Å². The molecule has 6 nitrogen and oxygen atoms in total. The van der Waals surface area contributed by atoms with Crippen LogP contribution >= 0.6 is 11.8 Å². The fourth-order valence-corrected chi connectivity index (χ4v) is 3.62.